The predicted molar refractivity (Wildman–Crippen MR) is 92.7 cm³/mol. The number of carbonyl (C=O) groups is 1. The van der Waals surface area contributed by atoms with Crippen molar-refractivity contribution in [1.29, 1.82) is 0 Å². The van der Waals surface area contributed by atoms with Crippen molar-refractivity contribution in [3.8, 4) is 0 Å². The number of nitrogens with zero attached hydrogens (tertiary/aromatic N) is 1. The summed E-state index contributed by atoms with van der Waals surface area (Å²) in [7, 11) is 0. The number of halogens is 1. The molecular formula is C19H16ClNO2. The van der Waals surface area contributed by atoms with E-state index in [-0.39, 0.29) is 17.5 Å². The van der Waals surface area contributed by atoms with E-state index in [1.165, 1.54) is 6.21 Å². The zero-order chi connectivity index (χ0) is 16.2. The van der Waals surface area contributed by atoms with Gasteiger partial charge in [-0.3, -0.25) is 9.79 Å². The van der Waals surface area contributed by atoms with Gasteiger partial charge >= 0.3 is 0 Å². The Morgan fingerprint density at radius 3 is 2.57 bits per heavy atom. The molecule has 1 aliphatic rings. The van der Waals surface area contributed by atoms with Crippen molar-refractivity contribution in [2.24, 2.45) is 4.99 Å². The van der Waals surface area contributed by atoms with Crippen LogP contribution in [0.1, 0.15) is 24.3 Å². The van der Waals surface area contributed by atoms with Crippen LogP contribution in [0, 0.1) is 0 Å². The number of ketones is 1. The molecule has 1 unspecified atom stereocenters. The van der Waals surface area contributed by atoms with Gasteiger partial charge in [0.2, 0.25) is 0 Å². The number of carbonyl (C=O) groups excluding carboxylic acids is 1. The number of hydrogen-bond donors (Lipinski definition) is 1. The Bertz CT molecular complexity index is 781. The van der Waals surface area contributed by atoms with E-state index < -0.39 is 0 Å². The number of Topliss-reactive ketones (excluding diaryl/α,β-unsaturated/α-hetero) is 1. The highest BCUT2D eigenvalue weighted by Crippen LogP contribution is 2.34. The maximum Gasteiger partial charge on any atom is 0.168 e. The van der Waals surface area contributed by atoms with Gasteiger partial charge < -0.3 is 5.11 Å². The highest BCUT2D eigenvalue weighted by Gasteiger charge is 2.27. The van der Waals surface area contributed by atoms with Crippen LogP contribution in [0.2, 0.25) is 5.02 Å². The Balaban J connectivity index is 1.82. The van der Waals surface area contributed by atoms with Crippen molar-refractivity contribution >= 4 is 29.3 Å². The number of hydrogen-bond acceptors (Lipinski definition) is 3. The van der Waals surface area contributed by atoms with Crippen LogP contribution in [0.4, 0.5) is 5.69 Å². The number of allylic oxidation sites excluding steroid dienone is 2. The highest BCUT2D eigenvalue weighted by molar-refractivity contribution is 6.30. The Hall–Kier alpha value is -2.39. The molecule has 2 aromatic carbocycles. The lowest BCUT2D eigenvalue weighted by molar-refractivity contribution is -0.116. The Morgan fingerprint density at radius 1 is 1.09 bits per heavy atom. The minimum Gasteiger partial charge on any atom is -0.511 e. The molecule has 116 valence electrons. The molecule has 1 atom stereocenters. The van der Waals surface area contributed by atoms with Crippen LogP contribution in [0.15, 0.2) is 70.9 Å². The Kier molecular flexibility index (Phi) is 4.58. The summed E-state index contributed by atoms with van der Waals surface area (Å²) in [5.41, 5.74) is 2.01. The average Bonchev–Trinajstić information content (AvgIpc) is 2.55. The molecule has 3 nitrogen and oxygen atoms in total. The van der Waals surface area contributed by atoms with E-state index in [0.29, 0.717) is 23.4 Å². The molecule has 1 N–H and O–H groups in total. The molecule has 0 aromatic heterocycles. The van der Waals surface area contributed by atoms with E-state index in [2.05, 4.69) is 4.99 Å². The lowest BCUT2D eigenvalue weighted by atomic mass is 9.83. The second-order valence-corrected chi connectivity index (χ2v) is 5.97. The minimum absolute atomic E-state index is 0.0462. The number of benzene rings is 2. The van der Waals surface area contributed by atoms with Gasteiger partial charge in [0.15, 0.2) is 5.78 Å². The van der Waals surface area contributed by atoms with Gasteiger partial charge in [-0.2, -0.15) is 0 Å². The third-order valence-corrected chi connectivity index (χ3v) is 4.14. The molecule has 0 aliphatic heterocycles. The predicted octanol–water partition coefficient (Wildman–Crippen LogP) is 5.00. The zero-order valence-electron chi connectivity index (χ0n) is 12.4. The molecule has 1 aliphatic carbocycles. The van der Waals surface area contributed by atoms with Crippen molar-refractivity contribution in [1.82, 2.24) is 0 Å². The number of para-hydroxylation sites is 1. The lowest BCUT2D eigenvalue weighted by Gasteiger charge is -2.22. The fraction of sp³-hybridized carbons (Fsp3) is 0.158. The maximum atomic E-state index is 12.4. The molecule has 4 heteroatoms. The van der Waals surface area contributed by atoms with Crippen LogP contribution >= 0.6 is 11.6 Å². The average molecular weight is 326 g/mol. The van der Waals surface area contributed by atoms with Crippen molar-refractivity contribution in [3.63, 3.8) is 0 Å². The molecule has 0 radical (unpaired) electrons. The van der Waals surface area contributed by atoms with Crippen molar-refractivity contribution in [2.45, 2.75) is 18.8 Å². The maximum absolute atomic E-state index is 12.4. The zero-order valence-corrected chi connectivity index (χ0v) is 13.2. The molecule has 0 saturated carbocycles. The second-order valence-electron chi connectivity index (χ2n) is 5.54. The van der Waals surface area contributed by atoms with Crippen LogP contribution in [0.25, 0.3) is 0 Å². The molecule has 3 rings (SSSR count). The molecule has 23 heavy (non-hydrogen) atoms. The van der Waals surface area contributed by atoms with Gasteiger partial charge in [0.05, 0.1) is 11.3 Å². The smallest absolute Gasteiger partial charge is 0.168 e. The van der Waals surface area contributed by atoms with Gasteiger partial charge in [0.1, 0.15) is 5.76 Å². The van der Waals surface area contributed by atoms with E-state index in [9.17, 15) is 9.90 Å². The number of aliphatic hydroxyl groups is 1. The van der Waals surface area contributed by atoms with Crippen LogP contribution in [0.5, 0.6) is 0 Å². The lowest BCUT2D eigenvalue weighted by Crippen LogP contribution is -2.19. The minimum atomic E-state index is -0.0987. The van der Waals surface area contributed by atoms with E-state index in [4.69, 9.17) is 11.6 Å². The first kappa shape index (κ1) is 15.5. The molecule has 0 bridgehead atoms. The quantitative estimate of drug-likeness (QED) is 0.807. The largest absolute Gasteiger partial charge is 0.511 e. The molecule has 0 heterocycles. The first-order chi connectivity index (χ1) is 11.1. The van der Waals surface area contributed by atoms with Gasteiger partial charge in [-0.25, -0.2) is 0 Å². The van der Waals surface area contributed by atoms with Crippen molar-refractivity contribution < 1.29 is 9.90 Å². The monoisotopic (exact) mass is 325 g/mol. The SMILES string of the molecule is O=C1CC(c2cccc(Cl)c2)CC(O)=C1C=Nc1ccccc1. The third kappa shape index (κ3) is 3.69. The van der Waals surface area contributed by atoms with Crippen LogP contribution in [-0.4, -0.2) is 17.1 Å². The third-order valence-electron chi connectivity index (χ3n) is 3.90. The summed E-state index contributed by atoms with van der Waals surface area (Å²) < 4.78 is 0. The molecule has 0 saturated heterocycles. The van der Waals surface area contributed by atoms with Gasteiger partial charge in [0.25, 0.3) is 0 Å². The van der Waals surface area contributed by atoms with Crippen LogP contribution in [-0.2, 0) is 4.79 Å². The highest BCUT2D eigenvalue weighted by atomic mass is 35.5. The van der Waals surface area contributed by atoms with Gasteiger partial charge in [-0.1, -0.05) is 41.9 Å². The number of rotatable bonds is 3. The van der Waals surface area contributed by atoms with Crippen molar-refractivity contribution in [2.75, 3.05) is 0 Å². The van der Waals surface area contributed by atoms with E-state index in [1.807, 2.05) is 48.5 Å². The number of aliphatic hydroxyl groups excluding tert-OH is 1. The van der Waals surface area contributed by atoms with Crippen LogP contribution in [0.3, 0.4) is 0 Å². The second kappa shape index (κ2) is 6.80. The summed E-state index contributed by atoms with van der Waals surface area (Å²) in [5, 5.41) is 10.9. The molecule has 2 aromatic rings. The first-order valence-electron chi connectivity index (χ1n) is 7.43. The van der Waals surface area contributed by atoms with Crippen LogP contribution < -0.4 is 0 Å². The Labute approximate surface area is 140 Å². The van der Waals surface area contributed by atoms with Gasteiger partial charge in [-0.05, 0) is 35.7 Å². The fourth-order valence-electron chi connectivity index (χ4n) is 2.71. The van der Waals surface area contributed by atoms with Gasteiger partial charge in [0, 0.05) is 24.1 Å². The van der Waals surface area contributed by atoms with E-state index >= 15 is 0 Å². The van der Waals surface area contributed by atoms with Crippen molar-refractivity contribution in [3.05, 3.63) is 76.5 Å². The van der Waals surface area contributed by atoms with E-state index in [0.717, 1.165) is 11.3 Å². The fourth-order valence-corrected chi connectivity index (χ4v) is 2.90. The summed E-state index contributed by atoms with van der Waals surface area (Å²) in [4.78, 5) is 16.6. The summed E-state index contributed by atoms with van der Waals surface area (Å²) >= 11 is 6.00. The molecule has 0 fully saturated rings. The molecular weight excluding hydrogens is 310 g/mol. The Morgan fingerprint density at radius 2 is 1.87 bits per heavy atom. The van der Waals surface area contributed by atoms with Gasteiger partial charge in [-0.15, -0.1) is 0 Å². The molecule has 0 amide bonds. The summed E-state index contributed by atoms with van der Waals surface area (Å²) in [6.07, 6.45) is 2.23. The molecule has 0 spiro atoms. The normalized spacial score (nSPS) is 18.7. The summed E-state index contributed by atoms with van der Waals surface area (Å²) in [5.74, 6) is -0.0561. The first-order valence-corrected chi connectivity index (χ1v) is 7.81. The van der Waals surface area contributed by atoms with E-state index in [1.54, 1.807) is 6.07 Å². The standard InChI is InChI=1S/C19H16ClNO2/c20-15-6-4-5-13(9-15)14-10-18(22)17(19(23)11-14)12-21-16-7-2-1-3-8-16/h1-9,12,14,22H,10-11H2. The summed E-state index contributed by atoms with van der Waals surface area (Å²) in [6, 6.07) is 16.8. The summed E-state index contributed by atoms with van der Waals surface area (Å²) in [6.45, 7) is 0. The topological polar surface area (TPSA) is 49.7 Å². The number of aliphatic imine (C=N–C) groups is 1.